The van der Waals surface area contributed by atoms with Crippen molar-refractivity contribution in [2.75, 3.05) is 79.0 Å². The number of hydrogen-bond acceptors (Lipinski definition) is 5. The van der Waals surface area contributed by atoms with E-state index in [0.29, 0.717) is 25.1 Å². The van der Waals surface area contributed by atoms with Crippen molar-refractivity contribution < 1.29 is 9.59 Å². The Morgan fingerprint density at radius 3 is 2.48 bits per heavy atom. The first kappa shape index (κ1) is 22.2. The lowest BCUT2D eigenvalue weighted by Crippen LogP contribution is -2.49. The molecule has 0 unspecified atom stereocenters. The molecule has 1 aromatic carbocycles. The van der Waals surface area contributed by atoms with Crippen molar-refractivity contribution in [3.63, 3.8) is 0 Å². The Labute approximate surface area is 182 Å². The SMILES string of the molecule is CN1CCN(CCN(CCC(=O)N2CCNCC2)C(=O)c2cccc(Br)c2)CC1. The highest BCUT2D eigenvalue weighted by molar-refractivity contribution is 9.10. The largest absolute Gasteiger partial charge is 0.340 e. The van der Waals surface area contributed by atoms with Crippen molar-refractivity contribution in [1.82, 2.24) is 24.9 Å². The zero-order valence-electron chi connectivity index (χ0n) is 17.3. The summed E-state index contributed by atoms with van der Waals surface area (Å²) < 4.78 is 0.888. The Morgan fingerprint density at radius 1 is 1.07 bits per heavy atom. The molecule has 1 aromatic rings. The summed E-state index contributed by atoms with van der Waals surface area (Å²) >= 11 is 3.45. The van der Waals surface area contributed by atoms with E-state index in [1.165, 1.54) is 0 Å². The van der Waals surface area contributed by atoms with Gasteiger partial charge >= 0.3 is 0 Å². The van der Waals surface area contributed by atoms with Gasteiger partial charge in [-0.05, 0) is 25.2 Å². The predicted molar refractivity (Wildman–Crippen MR) is 118 cm³/mol. The maximum Gasteiger partial charge on any atom is 0.253 e. The summed E-state index contributed by atoms with van der Waals surface area (Å²) in [5.41, 5.74) is 0.660. The van der Waals surface area contributed by atoms with Crippen molar-refractivity contribution >= 4 is 27.7 Å². The van der Waals surface area contributed by atoms with Gasteiger partial charge in [0, 0.05) is 88.4 Å². The average Bonchev–Trinajstić information content (AvgIpc) is 2.75. The Kier molecular flexibility index (Phi) is 8.47. The first-order chi connectivity index (χ1) is 14.0. The molecule has 2 aliphatic rings. The third-order valence-electron chi connectivity index (χ3n) is 5.71. The van der Waals surface area contributed by atoms with Gasteiger partial charge in [-0.1, -0.05) is 22.0 Å². The van der Waals surface area contributed by atoms with Crippen LogP contribution in [-0.4, -0.2) is 110 Å². The first-order valence-electron chi connectivity index (χ1n) is 10.5. The van der Waals surface area contributed by atoms with Crippen molar-refractivity contribution in [2.24, 2.45) is 0 Å². The zero-order chi connectivity index (χ0) is 20.6. The minimum absolute atomic E-state index is 0.00598. The molecule has 0 spiro atoms. The Morgan fingerprint density at radius 2 is 1.79 bits per heavy atom. The summed E-state index contributed by atoms with van der Waals surface area (Å²) in [5.74, 6) is 0.131. The van der Waals surface area contributed by atoms with Crippen LogP contribution in [0.3, 0.4) is 0 Å². The second-order valence-corrected chi connectivity index (χ2v) is 8.74. The summed E-state index contributed by atoms with van der Waals surface area (Å²) in [6, 6.07) is 7.48. The minimum atomic E-state index is -0.00598. The molecule has 2 aliphatic heterocycles. The zero-order valence-corrected chi connectivity index (χ0v) is 18.9. The highest BCUT2D eigenvalue weighted by Crippen LogP contribution is 2.14. The van der Waals surface area contributed by atoms with E-state index in [-0.39, 0.29) is 11.8 Å². The van der Waals surface area contributed by atoms with Crippen LogP contribution in [0.1, 0.15) is 16.8 Å². The molecule has 2 amide bonds. The molecule has 3 rings (SSSR count). The standard InChI is InChI=1S/C21H32BrN5O2/c1-24-11-13-25(14-12-24)15-16-27(21(29)18-3-2-4-19(22)17-18)8-5-20(28)26-9-6-23-7-10-26/h2-4,17,23H,5-16H2,1H3. The monoisotopic (exact) mass is 465 g/mol. The fourth-order valence-corrected chi connectivity index (χ4v) is 4.15. The first-order valence-corrected chi connectivity index (χ1v) is 11.3. The van der Waals surface area contributed by atoms with E-state index in [1.54, 1.807) is 0 Å². The molecule has 0 aromatic heterocycles. The van der Waals surface area contributed by atoms with Gasteiger partial charge in [-0.25, -0.2) is 0 Å². The van der Waals surface area contributed by atoms with Gasteiger partial charge in [-0.2, -0.15) is 0 Å². The van der Waals surface area contributed by atoms with Gasteiger partial charge in [0.15, 0.2) is 0 Å². The number of rotatable bonds is 7. The van der Waals surface area contributed by atoms with E-state index in [4.69, 9.17) is 0 Å². The molecule has 0 radical (unpaired) electrons. The molecule has 7 nitrogen and oxygen atoms in total. The summed E-state index contributed by atoms with van der Waals surface area (Å²) in [6.45, 7) is 9.29. The summed E-state index contributed by atoms with van der Waals surface area (Å²) in [6.07, 6.45) is 0.377. The number of piperazine rings is 2. The second-order valence-electron chi connectivity index (χ2n) is 7.83. The van der Waals surface area contributed by atoms with Crippen molar-refractivity contribution in [2.45, 2.75) is 6.42 Å². The number of halogens is 1. The number of nitrogens with zero attached hydrogens (tertiary/aromatic N) is 4. The van der Waals surface area contributed by atoms with E-state index in [1.807, 2.05) is 34.1 Å². The van der Waals surface area contributed by atoms with Crippen LogP contribution in [-0.2, 0) is 4.79 Å². The average molecular weight is 466 g/mol. The molecule has 0 aliphatic carbocycles. The van der Waals surface area contributed by atoms with Crippen LogP contribution in [0.25, 0.3) is 0 Å². The minimum Gasteiger partial charge on any atom is -0.340 e. The van der Waals surface area contributed by atoms with Crippen molar-refractivity contribution in [1.29, 1.82) is 0 Å². The van der Waals surface area contributed by atoms with Gasteiger partial charge in [-0.3, -0.25) is 14.5 Å². The Hall–Kier alpha value is -1.48. The highest BCUT2D eigenvalue weighted by atomic mass is 79.9. The quantitative estimate of drug-likeness (QED) is 0.649. The third kappa shape index (κ3) is 6.77. The summed E-state index contributed by atoms with van der Waals surface area (Å²) in [5, 5.41) is 3.27. The van der Waals surface area contributed by atoms with Crippen molar-refractivity contribution in [3.05, 3.63) is 34.3 Å². The molecule has 1 N–H and O–H groups in total. The van der Waals surface area contributed by atoms with E-state index in [2.05, 4.69) is 38.1 Å². The third-order valence-corrected chi connectivity index (χ3v) is 6.20. The van der Waals surface area contributed by atoms with Gasteiger partial charge in [-0.15, -0.1) is 0 Å². The van der Waals surface area contributed by atoms with Crippen LogP contribution in [0.4, 0.5) is 0 Å². The molecular formula is C21H32BrN5O2. The molecule has 0 bridgehead atoms. The maximum absolute atomic E-state index is 13.2. The summed E-state index contributed by atoms with van der Waals surface area (Å²) in [4.78, 5) is 34.2. The lowest BCUT2D eigenvalue weighted by Gasteiger charge is -2.34. The van der Waals surface area contributed by atoms with E-state index in [0.717, 1.165) is 63.4 Å². The molecular weight excluding hydrogens is 434 g/mol. The van der Waals surface area contributed by atoms with Crippen LogP contribution >= 0.6 is 15.9 Å². The maximum atomic E-state index is 13.2. The lowest BCUT2D eigenvalue weighted by atomic mass is 10.2. The number of hydrogen-bond donors (Lipinski definition) is 1. The number of amides is 2. The van der Waals surface area contributed by atoms with Gasteiger partial charge < -0.3 is 20.0 Å². The summed E-state index contributed by atoms with van der Waals surface area (Å²) in [7, 11) is 2.14. The Balaban J connectivity index is 1.60. The molecule has 0 atom stereocenters. The van der Waals surface area contributed by atoms with Crippen molar-refractivity contribution in [3.8, 4) is 0 Å². The molecule has 0 saturated carbocycles. The van der Waals surface area contributed by atoms with E-state index in [9.17, 15) is 9.59 Å². The lowest BCUT2D eigenvalue weighted by molar-refractivity contribution is -0.131. The second kappa shape index (κ2) is 11.1. The van der Waals surface area contributed by atoms with Gasteiger partial charge in [0.1, 0.15) is 0 Å². The predicted octanol–water partition coefficient (Wildman–Crippen LogP) is 0.961. The van der Waals surface area contributed by atoms with Crippen LogP contribution in [0.2, 0.25) is 0 Å². The van der Waals surface area contributed by atoms with E-state index < -0.39 is 0 Å². The molecule has 160 valence electrons. The molecule has 2 fully saturated rings. The number of benzene rings is 1. The number of carbonyl (C=O) groups excluding carboxylic acids is 2. The smallest absolute Gasteiger partial charge is 0.253 e. The van der Waals surface area contributed by atoms with Gasteiger partial charge in [0.2, 0.25) is 5.91 Å². The molecule has 2 heterocycles. The number of nitrogens with one attached hydrogen (secondary N) is 1. The van der Waals surface area contributed by atoms with Crippen LogP contribution in [0, 0.1) is 0 Å². The number of carbonyl (C=O) groups is 2. The van der Waals surface area contributed by atoms with Crippen LogP contribution in [0.5, 0.6) is 0 Å². The number of likely N-dealkylation sites (N-methyl/N-ethyl adjacent to an activating group) is 1. The molecule has 2 saturated heterocycles. The normalized spacial score (nSPS) is 18.6. The molecule has 29 heavy (non-hydrogen) atoms. The van der Waals surface area contributed by atoms with E-state index >= 15 is 0 Å². The van der Waals surface area contributed by atoms with Crippen LogP contribution in [0.15, 0.2) is 28.7 Å². The topological polar surface area (TPSA) is 59.1 Å². The van der Waals surface area contributed by atoms with Gasteiger partial charge in [0.25, 0.3) is 5.91 Å². The van der Waals surface area contributed by atoms with Gasteiger partial charge in [0.05, 0.1) is 0 Å². The van der Waals surface area contributed by atoms with Crippen LogP contribution < -0.4 is 5.32 Å². The molecule has 8 heteroatoms. The Bertz CT molecular complexity index is 687. The fourth-order valence-electron chi connectivity index (χ4n) is 3.76. The highest BCUT2D eigenvalue weighted by Gasteiger charge is 2.22. The fraction of sp³-hybridized carbons (Fsp3) is 0.619.